The summed E-state index contributed by atoms with van der Waals surface area (Å²) in [7, 11) is 0. The Morgan fingerprint density at radius 3 is 2.29 bits per heavy atom. The second-order valence-corrected chi connectivity index (χ2v) is 3.40. The summed E-state index contributed by atoms with van der Waals surface area (Å²) in [5.74, 6) is -7.59. The molecule has 0 saturated carbocycles. The lowest BCUT2D eigenvalue weighted by atomic mass is 10.1. The third-order valence-corrected chi connectivity index (χ3v) is 2.16. The molecule has 0 bridgehead atoms. The molecule has 1 aromatic carbocycles. The van der Waals surface area contributed by atoms with E-state index in [0.29, 0.717) is 6.07 Å². The Bertz CT molecular complexity index is 446. The van der Waals surface area contributed by atoms with Gasteiger partial charge in [0.1, 0.15) is 6.10 Å². The Labute approximate surface area is 95.2 Å². The van der Waals surface area contributed by atoms with Gasteiger partial charge in [-0.2, -0.15) is 0 Å². The number of hydrogen-bond acceptors (Lipinski definition) is 2. The molecule has 0 spiro atoms. The minimum absolute atomic E-state index is 0.112. The topological polar surface area (TPSA) is 26.3 Å². The van der Waals surface area contributed by atoms with Crippen LogP contribution in [0.4, 0.5) is 17.6 Å². The highest BCUT2D eigenvalue weighted by molar-refractivity contribution is 5.66. The largest absolute Gasteiger partial charge is 0.458 e. The molecular weight excluding hydrogens is 240 g/mol. The Hall–Kier alpha value is -1.59. The first-order valence-corrected chi connectivity index (χ1v) is 4.88. The number of ether oxygens (including phenoxy) is 1. The molecule has 0 aromatic heterocycles. The Balaban J connectivity index is 3.25. The standard InChI is InChI=1S/C11H10F4O2/c1-3-8(17-5(2)16)6-4-7(12)10(14)11(15)9(6)13/h4,8H,3H2,1-2H3/t8-/m0/s1. The molecule has 6 heteroatoms. The van der Waals surface area contributed by atoms with E-state index < -0.39 is 40.9 Å². The van der Waals surface area contributed by atoms with Crippen LogP contribution in [0, 0.1) is 23.3 Å². The van der Waals surface area contributed by atoms with Crippen molar-refractivity contribution in [2.24, 2.45) is 0 Å². The van der Waals surface area contributed by atoms with Gasteiger partial charge in [0.15, 0.2) is 23.3 Å². The van der Waals surface area contributed by atoms with E-state index in [4.69, 9.17) is 0 Å². The summed E-state index contributed by atoms with van der Waals surface area (Å²) in [4.78, 5) is 10.7. The van der Waals surface area contributed by atoms with Crippen LogP contribution in [0.1, 0.15) is 31.9 Å². The number of carbonyl (C=O) groups is 1. The van der Waals surface area contributed by atoms with Gasteiger partial charge in [-0.3, -0.25) is 4.79 Å². The van der Waals surface area contributed by atoms with Crippen molar-refractivity contribution < 1.29 is 27.1 Å². The molecule has 2 nitrogen and oxygen atoms in total. The summed E-state index contributed by atoms with van der Waals surface area (Å²) in [5, 5.41) is 0. The van der Waals surface area contributed by atoms with E-state index >= 15 is 0 Å². The molecule has 0 radical (unpaired) electrons. The lowest BCUT2D eigenvalue weighted by molar-refractivity contribution is -0.147. The van der Waals surface area contributed by atoms with Crippen molar-refractivity contribution in [3.63, 3.8) is 0 Å². The average Bonchev–Trinajstić information content (AvgIpc) is 2.28. The predicted molar refractivity (Wildman–Crippen MR) is 51.1 cm³/mol. The zero-order chi connectivity index (χ0) is 13.2. The second-order valence-electron chi connectivity index (χ2n) is 3.40. The Morgan fingerprint density at radius 2 is 1.82 bits per heavy atom. The highest BCUT2D eigenvalue weighted by Gasteiger charge is 2.24. The fourth-order valence-electron chi connectivity index (χ4n) is 1.39. The van der Waals surface area contributed by atoms with Crippen LogP contribution in [-0.2, 0) is 9.53 Å². The third-order valence-electron chi connectivity index (χ3n) is 2.16. The minimum atomic E-state index is -1.91. The summed E-state index contributed by atoms with van der Waals surface area (Å²) in [6, 6.07) is 0.491. The molecule has 1 atom stereocenters. The monoisotopic (exact) mass is 250 g/mol. The molecule has 1 aromatic rings. The molecule has 0 aliphatic carbocycles. The summed E-state index contributed by atoms with van der Waals surface area (Å²) in [5.41, 5.74) is -0.515. The molecule has 94 valence electrons. The molecule has 0 aliphatic heterocycles. The van der Waals surface area contributed by atoms with Crippen LogP contribution in [0.25, 0.3) is 0 Å². The third kappa shape index (κ3) is 2.75. The first kappa shape index (κ1) is 13.5. The zero-order valence-electron chi connectivity index (χ0n) is 9.19. The van der Waals surface area contributed by atoms with Crippen LogP contribution in [0.15, 0.2) is 6.07 Å². The first-order valence-electron chi connectivity index (χ1n) is 4.88. The van der Waals surface area contributed by atoms with Gasteiger partial charge < -0.3 is 4.74 Å². The highest BCUT2D eigenvalue weighted by Crippen LogP contribution is 2.28. The molecule has 0 saturated heterocycles. The fourth-order valence-corrected chi connectivity index (χ4v) is 1.39. The van der Waals surface area contributed by atoms with E-state index in [-0.39, 0.29) is 6.42 Å². The number of hydrogen-bond donors (Lipinski definition) is 0. The quantitative estimate of drug-likeness (QED) is 0.356. The molecular formula is C11H10F4O2. The van der Waals surface area contributed by atoms with Crippen molar-refractivity contribution in [3.05, 3.63) is 34.9 Å². The van der Waals surface area contributed by atoms with Crippen LogP contribution in [0.5, 0.6) is 0 Å². The molecule has 0 unspecified atom stereocenters. The highest BCUT2D eigenvalue weighted by atomic mass is 19.2. The van der Waals surface area contributed by atoms with Crippen LogP contribution in [-0.4, -0.2) is 5.97 Å². The van der Waals surface area contributed by atoms with Crippen LogP contribution in [0.2, 0.25) is 0 Å². The van der Waals surface area contributed by atoms with Gasteiger partial charge in [-0.25, -0.2) is 17.6 Å². The van der Waals surface area contributed by atoms with Crippen molar-refractivity contribution in [1.29, 1.82) is 0 Å². The van der Waals surface area contributed by atoms with Gasteiger partial charge in [0.2, 0.25) is 0 Å². The molecule has 17 heavy (non-hydrogen) atoms. The van der Waals surface area contributed by atoms with Gasteiger partial charge >= 0.3 is 5.97 Å². The van der Waals surface area contributed by atoms with Gasteiger partial charge in [-0.05, 0) is 12.5 Å². The van der Waals surface area contributed by atoms with E-state index in [1.165, 1.54) is 6.92 Å². The van der Waals surface area contributed by atoms with Gasteiger partial charge in [-0.1, -0.05) is 6.92 Å². The smallest absolute Gasteiger partial charge is 0.303 e. The molecule has 0 heterocycles. The van der Waals surface area contributed by atoms with Crippen LogP contribution in [0.3, 0.4) is 0 Å². The van der Waals surface area contributed by atoms with Crippen molar-refractivity contribution in [3.8, 4) is 0 Å². The lowest BCUT2D eigenvalue weighted by Crippen LogP contribution is -2.12. The van der Waals surface area contributed by atoms with Crippen molar-refractivity contribution in [2.45, 2.75) is 26.4 Å². The Kier molecular flexibility index (Phi) is 4.09. The summed E-state index contributed by atoms with van der Waals surface area (Å²) in [6.45, 7) is 2.61. The average molecular weight is 250 g/mol. The van der Waals surface area contributed by atoms with Crippen molar-refractivity contribution >= 4 is 5.97 Å². The second kappa shape index (κ2) is 5.16. The molecule has 0 aliphatic rings. The summed E-state index contributed by atoms with van der Waals surface area (Å²) < 4.78 is 56.6. The maximum Gasteiger partial charge on any atom is 0.303 e. The number of carbonyl (C=O) groups excluding carboxylic acids is 1. The molecule has 1 rings (SSSR count). The van der Waals surface area contributed by atoms with E-state index in [0.717, 1.165) is 6.92 Å². The molecule has 0 N–H and O–H groups in total. The van der Waals surface area contributed by atoms with E-state index in [2.05, 4.69) is 4.74 Å². The normalized spacial score (nSPS) is 12.4. The SMILES string of the molecule is CC[C@H](OC(C)=O)c1cc(F)c(F)c(F)c1F. The summed E-state index contributed by atoms with van der Waals surface area (Å²) >= 11 is 0. The predicted octanol–water partition coefficient (Wildman–Crippen LogP) is 3.26. The fraction of sp³-hybridized carbons (Fsp3) is 0.364. The van der Waals surface area contributed by atoms with Gasteiger partial charge in [0, 0.05) is 12.5 Å². The van der Waals surface area contributed by atoms with Gasteiger partial charge in [0.25, 0.3) is 0 Å². The maximum absolute atomic E-state index is 13.4. The van der Waals surface area contributed by atoms with Gasteiger partial charge in [0.05, 0.1) is 0 Å². The first-order chi connectivity index (χ1) is 7.88. The van der Waals surface area contributed by atoms with Crippen molar-refractivity contribution in [2.75, 3.05) is 0 Å². The lowest BCUT2D eigenvalue weighted by Gasteiger charge is -2.16. The van der Waals surface area contributed by atoms with Gasteiger partial charge in [-0.15, -0.1) is 0 Å². The van der Waals surface area contributed by atoms with E-state index in [1.54, 1.807) is 0 Å². The van der Waals surface area contributed by atoms with E-state index in [9.17, 15) is 22.4 Å². The number of halogens is 4. The number of rotatable bonds is 3. The van der Waals surface area contributed by atoms with E-state index in [1.807, 2.05) is 0 Å². The molecule has 0 fully saturated rings. The van der Waals surface area contributed by atoms with Crippen LogP contribution >= 0.6 is 0 Å². The maximum atomic E-state index is 13.4. The van der Waals surface area contributed by atoms with Crippen molar-refractivity contribution in [1.82, 2.24) is 0 Å². The Morgan fingerprint density at radius 1 is 1.24 bits per heavy atom. The van der Waals surface area contributed by atoms with Crippen LogP contribution < -0.4 is 0 Å². The molecule has 0 amide bonds. The number of esters is 1. The minimum Gasteiger partial charge on any atom is -0.458 e. The number of benzene rings is 1. The zero-order valence-corrected chi connectivity index (χ0v) is 9.19. The summed E-state index contributed by atoms with van der Waals surface area (Å²) in [6.07, 6.45) is -1.03.